The molecule has 3 aromatic rings. The van der Waals surface area contributed by atoms with E-state index in [4.69, 9.17) is 17.0 Å². The highest BCUT2D eigenvalue weighted by Gasteiger charge is 2.13. The van der Waals surface area contributed by atoms with Gasteiger partial charge in [-0.05, 0) is 30.4 Å². The first kappa shape index (κ1) is 15.9. The van der Waals surface area contributed by atoms with Crippen molar-refractivity contribution in [2.24, 2.45) is 17.3 Å². The van der Waals surface area contributed by atoms with E-state index in [1.54, 1.807) is 24.8 Å². The van der Waals surface area contributed by atoms with Gasteiger partial charge in [-0.2, -0.15) is 0 Å². The number of para-hydroxylation sites is 1. The smallest absolute Gasteiger partial charge is 0.220 e. The average Bonchev–Trinajstić information content (AvgIpc) is 2.84. The van der Waals surface area contributed by atoms with Gasteiger partial charge >= 0.3 is 0 Å². The van der Waals surface area contributed by atoms with Crippen molar-refractivity contribution in [1.82, 2.24) is 4.57 Å². The van der Waals surface area contributed by atoms with E-state index in [1.807, 2.05) is 42.5 Å². The van der Waals surface area contributed by atoms with Gasteiger partial charge in [-0.3, -0.25) is 0 Å². The van der Waals surface area contributed by atoms with Gasteiger partial charge in [-0.15, -0.1) is 10.2 Å². The molecule has 7 heteroatoms. The molecule has 1 heterocycles. The molecule has 0 atom stereocenters. The summed E-state index contributed by atoms with van der Waals surface area (Å²) in [6.45, 7) is 0. The topological polar surface area (TPSA) is 71.1 Å². The van der Waals surface area contributed by atoms with Crippen molar-refractivity contribution >= 4 is 39.6 Å². The molecule has 0 aliphatic heterocycles. The van der Waals surface area contributed by atoms with E-state index in [0.29, 0.717) is 11.4 Å². The van der Waals surface area contributed by atoms with Crippen molar-refractivity contribution in [3.05, 3.63) is 48.5 Å². The molecule has 2 N–H and O–H groups in total. The van der Waals surface area contributed by atoms with Gasteiger partial charge in [0.05, 0.1) is 12.6 Å². The van der Waals surface area contributed by atoms with Crippen LogP contribution in [0.4, 0.5) is 11.4 Å². The molecule has 24 heavy (non-hydrogen) atoms. The highest BCUT2D eigenvalue weighted by Crippen LogP contribution is 2.37. The van der Waals surface area contributed by atoms with Crippen LogP contribution in [0.15, 0.2) is 58.8 Å². The van der Waals surface area contributed by atoms with Crippen LogP contribution in [-0.4, -0.2) is 21.9 Å². The maximum Gasteiger partial charge on any atom is 0.220 e. The Bertz CT molecular complexity index is 933. The SMILES string of the molecule is COc1cccc(NC(=S)N=Nc2c(O)n(C)c3ccccc23)c1. The largest absolute Gasteiger partial charge is 0.497 e. The Kier molecular flexibility index (Phi) is 4.43. The molecule has 1 aromatic heterocycles. The predicted octanol–water partition coefficient (Wildman–Crippen LogP) is 4.37. The number of ether oxygens (including phenoxy) is 1. The van der Waals surface area contributed by atoms with Gasteiger partial charge < -0.3 is 19.7 Å². The number of nitrogens with zero attached hydrogens (tertiary/aromatic N) is 3. The van der Waals surface area contributed by atoms with Crippen molar-refractivity contribution in [1.29, 1.82) is 0 Å². The number of aromatic hydroxyl groups is 1. The number of anilines is 1. The molecule has 122 valence electrons. The predicted molar refractivity (Wildman–Crippen MR) is 98.3 cm³/mol. The minimum absolute atomic E-state index is 0.0455. The lowest BCUT2D eigenvalue weighted by atomic mass is 10.2. The van der Waals surface area contributed by atoms with Crippen LogP contribution in [0.25, 0.3) is 10.9 Å². The summed E-state index contributed by atoms with van der Waals surface area (Å²) in [4.78, 5) is 0. The highest BCUT2D eigenvalue weighted by atomic mass is 32.1. The minimum atomic E-state index is 0.0455. The summed E-state index contributed by atoms with van der Waals surface area (Å²) in [7, 11) is 3.37. The third kappa shape index (κ3) is 3.07. The van der Waals surface area contributed by atoms with Crippen LogP contribution in [0.5, 0.6) is 11.6 Å². The highest BCUT2D eigenvalue weighted by molar-refractivity contribution is 7.80. The van der Waals surface area contributed by atoms with Gasteiger partial charge in [-0.1, -0.05) is 24.3 Å². The van der Waals surface area contributed by atoms with Gasteiger partial charge in [0, 0.05) is 24.2 Å². The Balaban J connectivity index is 1.83. The van der Waals surface area contributed by atoms with Gasteiger partial charge in [0.15, 0.2) is 5.69 Å². The quantitative estimate of drug-likeness (QED) is 0.548. The molecule has 0 saturated heterocycles. The summed E-state index contributed by atoms with van der Waals surface area (Å²) < 4.78 is 6.81. The fourth-order valence-corrected chi connectivity index (χ4v) is 2.56. The fourth-order valence-electron chi connectivity index (χ4n) is 2.40. The number of nitrogens with one attached hydrogen (secondary N) is 1. The number of aryl methyl sites for hydroxylation is 1. The Hall–Kier alpha value is -2.93. The Morgan fingerprint density at radius 1 is 1.21 bits per heavy atom. The number of methoxy groups -OCH3 is 1. The molecule has 0 unspecified atom stereocenters. The van der Waals surface area contributed by atoms with Gasteiger partial charge in [0.1, 0.15) is 5.75 Å². The zero-order valence-electron chi connectivity index (χ0n) is 13.2. The zero-order chi connectivity index (χ0) is 17.1. The standard InChI is InChI=1S/C17H16N4O2S/c1-21-14-9-4-3-8-13(14)15(16(21)22)19-20-17(24)18-11-6-5-7-12(10-11)23-2/h3-10,22H,1-2H3,(H,18,24). The summed E-state index contributed by atoms with van der Waals surface area (Å²) >= 11 is 5.19. The van der Waals surface area contributed by atoms with Crippen molar-refractivity contribution in [3.8, 4) is 11.6 Å². The monoisotopic (exact) mass is 340 g/mol. The maximum absolute atomic E-state index is 10.2. The normalized spacial score (nSPS) is 11.1. The summed E-state index contributed by atoms with van der Waals surface area (Å²) in [6, 6.07) is 14.9. The number of rotatable bonds is 3. The molecule has 0 aliphatic carbocycles. The molecule has 0 aliphatic rings. The molecule has 0 bridgehead atoms. The molecule has 0 spiro atoms. The molecular formula is C17H16N4O2S. The van der Waals surface area contributed by atoms with Crippen LogP contribution < -0.4 is 10.1 Å². The number of azo groups is 1. The first-order valence-electron chi connectivity index (χ1n) is 7.23. The maximum atomic E-state index is 10.2. The van der Waals surface area contributed by atoms with Gasteiger partial charge in [-0.25, -0.2) is 0 Å². The van der Waals surface area contributed by atoms with Crippen LogP contribution in [0.1, 0.15) is 0 Å². The van der Waals surface area contributed by atoms with E-state index >= 15 is 0 Å². The summed E-state index contributed by atoms with van der Waals surface area (Å²) in [5.41, 5.74) is 2.01. The number of benzene rings is 2. The average molecular weight is 340 g/mol. The van der Waals surface area contributed by atoms with Crippen molar-refractivity contribution in [2.45, 2.75) is 0 Å². The summed E-state index contributed by atoms with van der Waals surface area (Å²) in [5, 5.41) is 22.3. The molecule has 0 fully saturated rings. The lowest BCUT2D eigenvalue weighted by Crippen LogP contribution is -2.04. The zero-order valence-corrected chi connectivity index (χ0v) is 14.0. The summed E-state index contributed by atoms with van der Waals surface area (Å²) in [6.07, 6.45) is 0. The number of hydrogen-bond acceptors (Lipinski definition) is 4. The van der Waals surface area contributed by atoms with Crippen LogP contribution in [0.2, 0.25) is 0 Å². The van der Waals surface area contributed by atoms with Crippen LogP contribution in [0, 0.1) is 0 Å². The molecule has 6 nitrogen and oxygen atoms in total. The fraction of sp³-hybridized carbons (Fsp3) is 0.118. The van der Waals surface area contributed by atoms with Crippen LogP contribution in [-0.2, 0) is 7.05 Å². The Labute approximate surface area is 144 Å². The third-order valence-electron chi connectivity index (χ3n) is 3.61. The number of thiocarbonyl (C=S) groups is 1. The van der Waals surface area contributed by atoms with E-state index in [-0.39, 0.29) is 11.0 Å². The second-order valence-corrected chi connectivity index (χ2v) is 5.50. The van der Waals surface area contributed by atoms with Crippen molar-refractivity contribution in [2.75, 3.05) is 12.4 Å². The van der Waals surface area contributed by atoms with E-state index in [9.17, 15) is 5.11 Å². The molecule has 0 amide bonds. The van der Waals surface area contributed by atoms with Crippen LogP contribution >= 0.6 is 12.2 Å². The lowest BCUT2D eigenvalue weighted by Gasteiger charge is -2.05. The first-order valence-corrected chi connectivity index (χ1v) is 7.64. The van der Waals surface area contributed by atoms with E-state index < -0.39 is 0 Å². The summed E-state index contributed by atoms with van der Waals surface area (Å²) in [5.74, 6) is 0.760. The second-order valence-electron chi connectivity index (χ2n) is 5.11. The minimum Gasteiger partial charge on any atom is -0.497 e. The molecule has 0 radical (unpaired) electrons. The van der Waals surface area contributed by atoms with E-state index in [0.717, 1.165) is 16.6 Å². The van der Waals surface area contributed by atoms with Crippen molar-refractivity contribution < 1.29 is 9.84 Å². The van der Waals surface area contributed by atoms with Crippen LogP contribution in [0.3, 0.4) is 0 Å². The van der Waals surface area contributed by atoms with E-state index in [2.05, 4.69) is 15.5 Å². The third-order valence-corrected chi connectivity index (χ3v) is 3.80. The Morgan fingerprint density at radius 3 is 2.79 bits per heavy atom. The van der Waals surface area contributed by atoms with Gasteiger partial charge in [0.2, 0.25) is 11.0 Å². The van der Waals surface area contributed by atoms with Gasteiger partial charge in [0.25, 0.3) is 0 Å². The molecule has 3 rings (SSSR count). The molecule has 2 aromatic carbocycles. The van der Waals surface area contributed by atoms with E-state index in [1.165, 1.54) is 0 Å². The lowest BCUT2D eigenvalue weighted by molar-refractivity contribution is 0.415. The van der Waals surface area contributed by atoms with Crippen molar-refractivity contribution in [3.63, 3.8) is 0 Å². The number of hydrogen-bond donors (Lipinski definition) is 2. The molecular weight excluding hydrogens is 324 g/mol. The second kappa shape index (κ2) is 6.67. The Morgan fingerprint density at radius 2 is 2.00 bits per heavy atom. The number of fused-ring (bicyclic) bond motifs is 1. The number of aromatic nitrogens is 1. The molecule has 0 saturated carbocycles. The first-order chi connectivity index (χ1) is 11.6.